The van der Waals surface area contributed by atoms with Gasteiger partial charge in [0.2, 0.25) is 0 Å². The molecule has 1 aromatic carbocycles. The molecule has 0 spiro atoms. The Hall–Kier alpha value is 0.170. The molecule has 0 fully saturated rings. The molecule has 0 amide bonds. The Bertz CT molecular complexity index is 306. The van der Waals surface area contributed by atoms with Crippen LogP contribution in [0.5, 0.6) is 0 Å². The van der Waals surface area contributed by atoms with Crippen molar-refractivity contribution in [2.75, 3.05) is 0 Å². The normalized spacial score (nSPS) is 13.4. The van der Waals surface area contributed by atoms with Gasteiger partial charge in [-0.2, -0.15) is 0 Å². The van der Waals surface area contributed by atoms with E-state index in [9.17, 15) is 9.50 Å². The van der Waals surface area contributed by atoms with Crippen LogP contribution in [-0.2, 0) is 0 Å². The van der Waals surface area contributed by atoms with Crippen LogP contribution in [0.3, 0.4) is 0 Å². The van der Waals surface area contributed by atoms with Crippen molar-refractivity contribution in [3.8, 4) is 0 Å². The summed E-state index contributed by atoms with van der Waals surface area (Å²) in [6.07, 6.45) is -1.21. The third kappa shape index (κ3) is 2.56. The maximum Gasteiger partial charge on any atom is 0.143 e. The fraction of sp³-hybridized carbons (Fsp3) is 0.250. The highest BCUT2D eigenvalue weighted by Crippen LogP contribution is 2.29. The molecule has 1 atom stereocenters. The second-order valence-electron chi connectivity index (χ2n) is 2.42. The van der Waals surface area contributed by atoms with Crippen LogP contribution in [0.2, 0.25) is 0 Å². The van der Waals surface area contributed by atoms with E-state index in [1.54, 1.807) is 6.07 Å². The zero-order valence-corrected chi connectivity index (χ0v) is 9.44. The summed E-state index contributed by atoms with van der Waals surface area (Å²) in [4.78, 5) is -1.04. The lowest BCUT2D eigenvalue weighted by Gasteiger charge is -2.12. The van der Waals surface area contributed by atoms with E-state index < -0.39 is 16.8 Å². The van der Waals surface area contributed by atoms with Crippen LogP contribution < -0.4 is 0 Å². The fourth-order valence-electron chi connectivity index (χ4n) is 0.885. The molecule has 5 heteroatoms. The van der Waals surface area contributed by atoms with Crippen LogP contribution in [0.25, 0.3) is 0 Å². The van der Waals surface area contributed by atoms with Gasteiger partial charge < -0.3 is 5.11 Å². The summed E-state index contributed by atoms with van der Waals surface area (Å²) in [5.74, 6) is -0.540. The molecule has 0 heterocycles. The molecule has 1 unspecified atom stereocenters. The molecule has 0 aliphatic rings. The van der Waals surface area contributed by atoms with Crippen molar-refractivity contribution in [1.29, 1.82) is 0 Å². The third-order valence-corrected chi connectivity index (χ3v) is 2.63. The van der Waals surface area contributed by atoms with E-state index >= 15 is 0 Å². The lowest BCUT2D eigenvalue weighted by molar-refractivity contribution is 0.187. The summed E-state index contributed by atoms with van der Waals surface area (Å²) in [5.41, 5.74) is 0.0874. The number of rotatable bonds is 2. The first-order chi connectivity index (χ1) is 6.04. The fourth-order valence-corrected chi connectivity index (χ4v) is 1.54. The lowest BCUT2D eigenvalue weighted by atomic mass is 10.1. The molecule has 1 N–H and O–H groups in total. The van der Waals surface area contributed by atoms with Gasteiger partial charge in [-0.05, 0) is 22.0 Å². The van der Waals surface area contributed by atoms with Gasteiger partial charge >= 0.3 is 0 Å². The van der Waals surface area contributed by atoms with Gasteiger partial charge in [0.1, 0.15) is 16.8 Å². The van der Waals surface area contributed by atoms with Crippen LogP contribution in [0.1, 0.15) is 11.7 Å². The van der Waals surface area contributed by atoms with Crippen LogP contribution in [0, 0.1) is 5.82 Å². The van der Waals surface area contributed by atoms with E-state index in [2.05, 4.69) is 15.9 Å². The second-order valence-corrected chi connectivity index (χ2v) is 4.44. The highest BCUT2D eigenvalue weighted by molar-refractivity contribution is 9.10. The molecule has 0 aliphatic heterocycles. The quantitative estimate of drug-likeness (QED) is 0.827. The Kier molecular flexibility index (Phi) is 3.98. The molecular formula is C8H6BrCl2FO. The Labute approximate surface area is 93.6 Å². The summed E-state index contributed by atoms with van der Waals surface area (Å²) in [7, 11) is 0. The molecule has 1 rings (SSSR count). The Morgan fingerprint density at radius 3 is 2.54 bits per heavy atom. The minimum Gasteiger partial charge on any atom is -0.385 e. The number of aliphatic hydroxyl groups excluding tert-OH is 1. The lowest BCUT2D eigenvalue weighted by Crippen LogP contribution is -2.08. The standard InChI is InChI=1S/C8H6BrCl2FO/c9-5-3-1-2-4(6(5)12)7(13)8(10)11/h1-3,7-8,13H. The van der Waals surface area contributed by atoms with Crippen LogP contribution >= 0.6 is 39.1 Å². The number of alkyl halides is 2. The van der Waals surface area contributed by atoms with Crippen molar-refractivity contribution in [3.63, 3.8) is 0 Å². The molecular weight excluding hydrogens is 282 g/mol. The minimum atomic E-state index is -1.21. The first-order valence-corrected chi connectivity index (χ1v) is 5.10. The van der Waals surface area contributed by atoms with Crippen LogP contribution in [0.15, 0.2) is 22.7 Å². The van der Waals surface area contributed by atoms with E-state index in [-0.39, 0.29) is 10.0 Å². The van der Waals surface area contributed by atoms with Gasteiger partial charge in [-0.3, -0.25) is 0 Å². The van der Waals surface area contributed by atoms with E-state index in [0.717, 1.165) is 0 Å². The Morgan fingerprint density at radius 1 is 1.38 bits per heavy atom. The van der Waals surface area contributed by atoms with Gasteiger partial charge in [-0.15, -0.1) is 23.2 Å². The predicted molar refractivity (Wildman–Crippen MR) is 54.6 cm³/mol. The van der Waals surface area contributed by atoms with Gasteiger partial charge in [-0.25, -0.2) is 4.39 Å². The summed E-state index contributed by atoms with van der Waals surface area (Å²) < 4.78 is 13.6. The molecule has 1 nitrogen and oxygen atoms in total. The minimum absolute atomic E-state index is 0.0874. The molecule has 1 aromatic rings. The van der Waals surface area contributed by atoms with Gasteiger partial charge in [0, 0.05) is 5.56 Å². The highest BCUT2D eigenvalue weighted by atomic mass is 79.9. The maximum atomic E-state index is 13.3. The zero-order chi connectivity index (χ0) is 10.0. The Balaban J connectivity index is 3.07. The largest absolute Gasteiger partial charge is 0.385 e. The SMILES string of the molecule is OC(c1cccc(Br)c1F)C(Cl)Cl. The van der Waals surface area contributed by atoms with Crippen molar-refractivity contribution in [1.82, 2.24) is 0 Å². The van der Waals surface area contributed by atoms with Gasteiger partial charge in [0.15, 0.2) is 0 Å². The first kappa shape index (κ1) is 11.2. The number of hydrogen-bond acceptors (Lipinski definition) is 1. The average Bonchev–Trinajstić information content (AvgIpc) is 2.08. The molecule has 0 bridgehead atoms. The molecule has 72 valence electrons. The molecule has 13 heavy (non-hydrogen) atoms. The number of benzene rings is 1. The highest BCUT2D eigenvalue weighted by Gasteiger charge is 2.20. The number of halogens is 4. The number of hydrogen-bond donors (Lipinski definition) is 1. The maximum absolute atomic E-state index is 13.3. The predicted octanol–water partition coefficient (Wildman–Crippen LogP) is 3.43. The molecule has 0 saturated carbocycles. The van der Waals surface area contributed by atoms with Crippen molar-refractivity contribution in [2.24, 2.45) is 0 Å². The van der Waals surface area contributed by atoms with E-state index in [4.69, 9.17) is 23.2 Å². The Morgan fingerprint density at radius 2 is 2.00 bits per heavy atom. The topological polar surface area (TPSA) is 20.2 Å². The summed E-state index contributed by atoms with van der Waals surface area (Å²) in [6, 6.07) is 4.56. The summed E-state index contributed by atoms with van der Waals surface area (Å²) in [5, 5.41) is 9.38. The van der Waals surface area contributed by atoms with E-state index in [1.165, 1.54) is 12.1 Å². The molecule has 0 saturated heterocycles. The second kappa shape index (κ2) is 4.60. The smallest absolute Gasteiger partial charge is 0.143 e. The van der Waals surface area contributed by atoms with Gasteiger partial charge in [0.25, 0.3) is 0 Å². The molecule has 0 aliphatic carbocycles. The van der Waals surface area contributed by atoms with Crippen molar-refractivity contribution < 1.29 is 9.50 Å². The number of aliphatic hydroxyl groups is 1. The zero-order valence-electron chi connectivity index (χ0n) is 6.35. The van der Waals surface area contributed by atoms with Crippen molar-refractivity contribution in [2.45, 2.75) is 10.9 Å². The molecule has 0 radical (unpaired) electrons. The van der Waals surface area contributed by atoms with Crippen LogP contribution in [0.4, 0.5) is 4.39 Å². The van der Waals surface area contributed by atoms with Gasteiger partial charge in [0.05, 0.1) is 4.47 Å². The average molecular weight is 288 g/mol. The molecule has 0 aromatic heterocycles. The van der Waals surface area contributed by atoms with Gasteiger partial charge in [-0.1, -0.05) is 12.1 Å². The first-order valence-electron chi connectivity index (χ1n) is 3.44. The van der Waals surface area contributed by atoms with Crippen LogP contribution in [-0.4, -0.2) is 9.94 Å². The van der Waals surface area contributed by atoms with E-state index in [1.807, 2.05) is 0 Å². The third-order valence-electron chi connectivity index (χ3n) is 1.54. The monoisotopic (exact) mass is 286 g/mol. The van der Waals surface area contributed by atoms with Crippen molar-refractivity contribution >= 4 is 39.1 Å². The van der Waals surface area contributed by atoms with Crippen molar-refractivity contribution in [3.05, 3.63) is 34.1 Å². The summed E-state index contributed by atoms with van der Waals surface area (Å²) in [6.45, 7) is 0. The van der Waals surface area contributed by atoms with E-state index in [0.29, 0.717) is 0 Å². The summed E-state index contributed by atoms with van der Waals surface area (Å²) >= 11 is 13.8.